The molecule has 0 aliphatic heterocycles. The van der Waals surface area contributed by atoms with Gasteiger partial charge in [0.2, 0.25) is 0 Å². The van der Waals surface area contributed by atoms with Gasteiger partial charge in [0.25, 0.3) is 0 Å². The Bertz CT molecular complexity index is 624. The predicted molar refractivity (Wildman–Crippen MR) is 81.3 cm³/mol. The summed E-state index contributed by atoms with van der Waals surface area (Å²) in [5, 5.41) is 0. The first-order chi connectivity index (χ1) is 8.56. The van der Waals surface area contributed by atoms with Gasteiger partial charge in [-0.3, -0.25) is 0 Å². The zero-order chi connectivity index (χ0) is 12.9. The van der Waals surface area contributed by atoms with Crippen molar-refractivity contribution in [2.24, 2.45) is 0 Å². The van der Waals surface area contributed by atoms with E-state index in [4.69, 9.17) is 0 Å². The van der Waals surface area contributed by atoms with Crippen LogP contribution in [0.1, 0.15) is 22.3 Å². The maximum atomic E-state index is 2.46. The second kappa shape index (κ2) is 4.28. The second-order valence-corrected chi connectivity index (χ2v) is 10.4. The molecule has 3 rings (SSSR count). The number of fused-ring (bicyclic) bond motifs is 3. The van der Waals surface area contributed by atoms with Gasteiger partial charge in [-0.05, 0) is 0 Å². The SMILES string of the molecule is Cc1cc(C)c2c(c1)Cc1ccc([As](C)C)cc1-2. The first-order valence-electron chi connectivity index (χ1n) is 6.47. The van der Waals surface area contributed by atoms with Crippen molar-refractivity contribution in [2.75, 3.05) is 0 Å². The maximum absolute atomic E-state index is 2.46. The van der Waals surface area contributed by atoms with Gasteiger partial charge in [0.05, 0.1) is 0 Å². The van der Waals surface area contributed by atoms with Crippen LogP contribution in [-0.4, -0.2) is 14.7 Å². The van der Waals surface area contributed by atoms with Crippen LogP contribution in [0, 0.1) is 13.8 Å². The van der Waals surface area contributed by atoms with Crippen molar-refractivity contribution in [3.8, 4) is 11.1 Å². The molecule has 92 valence electrons. The molecule has 0 saturated heterocycles. The number of hydrogen-bond acceptors (Lipinski definition) is 0. The van der Waals surface area contributed by atoms with Crippen LogP contribution in [0.25, 0.3) is 11.1 Å². The van der Waals surface area contributed by atoms with Crippen LogP contribution < -0.4 is 4.35 Å². The van der Waals surface area contributed by atoms with Crippen molar-refractivity contribution in [2.45, 2.75) is 31.7 Å². The molecular formula is C17H19As. The van der Waals surface area contributed by atoms with Gasteiger partial charge in [0.1, 0.15) is 0 Å². The summed E-state index contributed by atoms with van der Waals surface area (Å²) in [6.45, 7) is 4.45. The predicted octanol–water partition coefficient (Wildman–Crippen LogP) is 3.84. The fourth-order valence-corrected chi connectivity index (χ4v) is 4.61. The third-order valence-electron chi connectivity index (χ3n) is 3.82. The van der Waals surface area contributed by atoms with Crippen LogP contribution in [-0.2, 0) is 6.42 Å². The van der Waals surface area contributed by atoms with Crippen LogP contribution in [0.4, 0.5) is 0 Å². The molecule has 2 aromatic rings. The molecule has 0 bridgehead atoms. The third kappa shape index (κ3) is 1.84. The first-order valence-corrected chi connectivity index (χ1v) is 11.2. The number of rotatable bonds is 1. The molecule has 0 atom stereocenters. The minimum absolute atomic E-state index is 0.769. The van der Waals surface area contributed by atoms with Crippen molar-refractivity contribution in [3.63, 3.8) is 0 Å². The Labute approximate surface area is 114 Å². The van der Waals surface area contributed by atoms with Gasteiger partial charge < -0.3 is 0 Å². The summed E-state index contributed by atoms with van der Waals surface area (Å²) in [6, 6.07) is 11.8. The summed E-state index contributed by atoms with van der Waals surface area (Å²) < 4.78 is 1.59. The fourth-order valence-electron chi connectivity index (χ4n) is 3.02. The normalized spacial score (nSPS) is 12.7. The Morgan fingerprint density at radius 2 is 1.72 bits per heavy atom. The summed E-state index contributed by atoms with van der Waals surface area (Å²) in [4.78, 5) is 0. The van der Waals surface area contributed by atoms with Gasteiger partial charge in [-0.25, -0.2) is 0 Å². The summed E-state index contributed by atoms with van der Waals surface area (Å²) in [6.07, 6.45) is 1.12. The molecule has 0 unspecified atom stereocenters. The van der Waals surface area contributed by atoms with Crippen molar-refractivity contribution in [3.05, 3.63) is 52.6 Å². The van der Waals surface area contributed by atoms with E-state index in [-0.39, 0.29) is 0 Å². The molecule has 0 aromatic heterocycles. The summed E-state index contributed by atoms with van der Waals surface area (Å²) in [5.41, 5.74) is 13.7. The molecule has 1 heteroatoms. The molecule has 18 heavy (non-hydrogen) atoms. The van der Waals surface area contributed by atoms with Crippen LogP contribution >= 0.6 is 0 Å². The first kappa shape index (κ1) is 12.1. The Morgan fingerprint density at radius 1 is 0.944 bits per heavy atom. The van der Waals surface area contributed by atoms with Crippen molar-refractivity contribution < 1.29 is 0 Å². The van der Waals surface area contributed by atoms with Crippen LogP contribution in [0.5, 0.6) is 0 Å². The molecular weight excluding hydrogens is 279 g/mol. The molecule has 0 radical (unpaired) electrons. The molecule has 1 aliphatic carbocycles. The van der Waals surface area contributed by atoms with E-state index < -0.39 is 14.7 Å². The summed E-state index contributed by atoms with van der Waals surface area (Å²) in [7, 11) is 0. The van der Waals surface area contributed by atoms with Crippen LogP contribution in [0.2, 0.25) is 11.4 Å². The average molecular weight is 298 g/mol. The van der Waals surface area contributed by atoms with Gasteiger partial charge in [-0.15, -0.1) is 0 Å². The zero-order valence-corrected chi connectivity index (χ0v) is 13.4. The zero-order valence-electron chi connectivity index (χ0n) is 11.5. The van der Waals surface area contributed by atoms with E-state index in [0.717, 1.165) is 6.42 Å². The molecule has 0 fully saturated rings. The van der Waals surface area contributed by atoms with Crippen molar-refractivity contribution in [1.29, 1.82) is 0 Å². The van der Waals surface area contributed by atoms with E-state index in [1.165, 1.54) is 33.4 Å². The fraction of sp³-hybridized carbons (Fsp3) is 0.294. The second-order valence-electron chi connectivity index (χ2n) is 5.53. The van der Waals surface area contributed by atoms with Gasteiger partial charge in [-0.1, -0.05) is 0 Å². The summed E-state index contributed by atoms with van der Waals surface area (Å²) >= 11 is -0.769. The molecule has 0 spiro atoms. The Balaban J connectivity index is 2.22. The van der Waals surface area contributed by atoms with Crippen LogP contribution in [0.15, 0.2) is 30.3 Å². The third-order valence-corrected chi connectivity index (χ3v) is 6.57. The van der Waals surface area contributed by atoms with Crippen LogP contribution in [0.3, 0.4) is 0 Å². The monoisotopic (exact) mass is 298 g/mol. The van der Waals surface area contributed by atoms with E-state index in [0.29, 0.717) is 0 Å². The molecule has 0 N–H and O–H groups in total. The Morgan fingerprint density at radius 3 is 2.44 bits per heavy atom. The van der Waals surface area contributed by atoms with Crippen molar-refractivity contribution >= 4 is 19.0 Å². The average Bonchev–Trinajstić information content (AvgIpc) is 2.65. The van der Waals surface area contributed by atoms with E-state index in [9.17, 15) is 0 Å². The van der Waals surface area contributed by atoms with Crippen molar-refractivity contribution in [1.82, 2.24) is 0 Å². The number of benzene rings is 2. The standard InChI is InChI=1S/C17H19As/c1-11-7-12(2)17-14(8-11)9-13-5-6-15(18(3)4)10-16(13)17/h5-8,10H,9H2,1-4H3. The molecule has 2 aromatic carbocycles. The Hall–Kier alpha value is -1.00. The van der Waals surface area contributed by atoms with Gasteiger partial charge in [0, 0.05) is 0 Å². The Kier molecular flexibility index (Phi) is 2.87. The van der Waals surface area contributed by atoms with E-state index in [1.807, 2.05) is 0 Å². The van der Waals surface area contributed by atoms with E-state index >= 15 is 0 Å². The molecule has 0 saturated carbocycles. The van der Waals surface area contributed by atoms with Gasteiger partial charge >= 0.3 is 114 Å². The van der Waals surface area contributed by atoms with Gasteiger partial charge in [0.15, 0.2) is 0 Å². The molecule has 1 aliphatic rings. The topological polar surface area (TPSA) is 0 Å². The van der Waals surface area contributed by atoms with E-state index in [2.05, 4.69) is 55.6 Å². The molecule has 0 amide bonds. The molecule has 0 nitrogen and oxygen atoms in total. The quantitative estimate of drug-likeness (QED) is 0.599. The molecule has 0 heterocycles. The minimum atomic E-state index is -0.769. The van der Waals surface area contributed by atoms with Gasteiger partial charge in [-0.2, -0.15) is 0 Å². The number of aryl methyl sites for hydroxylation is 2. The van der Waals surface area contributed by atoms with E-state index in [1.54, 1.807) is 4.35 Å². The summed E-state index contributed by atoms with van der Waals surface area (Å²) in [5.74, 6) is 0. The number of hydrogen-bond donors (Lipinski definition) is 0.